The molecule has 2 atom stereocenters. The molecule has 0 amide bonds. The van der Waals surface area contributed by atoms with Gasteiger partial charge in [-0.15, -0.1) is 0 Å². The maximum atomic E-state index is 12.8. The Hall–Kier alpha value is -1.60. The minimum Gasteiger partial charge on any atom is -0.396 e. The summed E-state index contributed by atoms with van der Waals surface area (Å²) in [4.78, 5) is 4.34. The van der Waals surface area contributed by atoms with Gasteiger partial charge in [-0.3, -0.25) is 0 Å². The lowest BCUT2D eigenvalue weighted by atomic mass is 10.2. The van der Waals surface area contributed by atoms with Crippen LogP contribution in [-0.4, -0.2) is 27.3 Å². The number of aryl methyl sites for hydroxylation is 1. The summed E-state index contributed by atoms with van der Waals surface area (Å²) >= 11 is 0. The largest absolute Gasteiger partial charge is 0.416 e. The third-order valence-electron chi connectivity index (χ3n) is 3.73. The predicted octanol–water partition coefficient (Wildman–Crippen LogP) is 3.01. The second-order valence-electron chi connectivity index (χ2n) is 5.53. The molecule has 0 aliphatic rings. The number of hydrogen-bond donors (Lipinski definition) is 2. The van der Waals surface area contributed by atoms with Crippen LogP contribution >= 0.6 is 0 Å². The van der Waals surface area contributed by atoms with Crippen LogP contribution in [0.1, 0.15) is 37.7 Å². The number of rotatable bonds is 5. The van der Waals surface area contributed by atoms with Crippen LogP contribution in [0.4, 0.5) is 13.2 Å². The van der Waals surface area contributed by atoms with Crippen molar-refractivity contribution in [3.05, 3.63) is 29.6 Å². The second-order valence-corrected chi connectivity index (χ2v) is 5.53. The second kappa shape index (κ2) is 6.26. The molecule has 1 heterocycles. The fourth-order valence-corrected chi connectivity index (χ4v) is 2.56. The molecule has 122 valence electrons. The molecular formula is C15H20F3N3O. The van der Waals surface area contributed by atoms with E-state index in [0.717, 1.165) is 12.1 Å². The molecule has 0 fully saturated rings. The van der Waals surface area contributed by atoms with Crippen molar-refractivity contribution in [3.63, 3.8) is 0 Å². The third-order valence-corrected chi connectivity index (χ3v) is 3.73. The van der Waals surface area contributed by atoms with Crippen LogP contribution < -0.4 is 5.32 Å². The summed E-state index contributed by atoms with van der Waals surface area (Å²) in [5, 5.41) is 12.2. The first-order valence-corrected chi connectivity index (χ1v) is 7.14. The summed E-state index contributed by atoms with van der Waals surface area (Å²) in [6, 6.07) is 3.54. The Morgan fingerprint density at radius 2 is 2.00 bits per heavy atom. The van der Waals surface area contributed by atoms with E-state index in [-0.39, 0.29) is 18.7 Å². The lowest BCUT2D eigenvalue weighted by Crippen LogP contribution is -2.31. The van der Waals surface area contributed by atoms with Crippen molar-refractivity contribution in [2.75, 3.05) is 6.61 Å². The molecule has 2 unspecified atom stereocenters. The Balaban J connectivity index is 2.33. The van der Waals surface area contributed by atoms with Crippen molar-refractivity contribution in [2.45, 2.75) is 38.5 Å². The molecule has 0 bridgehead atoms. The number of aliphatic hydroxyl groups excluding tert-OH is 1. The van der Waals surface area contributed by atoms with E-state index in [4.69, 9.17) is 5.11 Å². The zero-order valence-corrected chi connectivity index (χ0v) is 12.8. The predicted molar refractivity (Wildman–Crippen MR) is 78.4 cm³/mol. The first-order valence-electron chi connectivity index (χ1n) is 7.14. The van der Waals surface area contributed by atoms with Gasteiger partial charge in [0, 0.05) is 19.7 Å². The van der Waals surface area contributed by atoms with Gasteiger partial charge >= 0.3 is 6.18 Å². The molecule has 2 rings (SSSR count). The number of hydrogen-bond acceptors (Lipinski definition) is 3. The van der Waals surface area contributed by atoms with Gasteiger partial charge in [-0.1, -0.05) is 0 Å². The van der Waals surface area contributed by atoms with E-state index in [1.54, 1.807) is 11.6 Å². The molecule has 2 aromatic rings. The monoisotopic (exact) mass is 315 g/mol. The SMILES string of the molecule is CC(CCO)NC(C)c1nc2cc(C(F)(F)F)ccc2n1C. The Kier molecular flexibility index (Phi) is 4.77. The fraction of sp³-hybridized carbons (Fsp3) is 0.533. The Morgan fingerprint density at radius 1 is 1.32 bits per heavy atom. The van der Waals surface area contributed by atoms with E-state index >= 15 is 0 Å². The molecule has 0 radical (unpaired) electrons. The van der Waals surface area contributed by atoms with Crippen molar-refractivity contribution >= 4 is 11.0 Å². The van der Waals surface area contributed by atoms with Crippen LogP contribution in [0, 0.1) is 0 Å². The summed E-state index contributed by atoms with van der Waals surface area (Å²) in [7, 11) is 1.78. The molecule has 2 N–H and O–H groups in total. The number of nitrogens with one attached hydrogen (secondary N) is 1. The number of benzene rings is 1. The summed E-state index contributed by atoms with van der Waals surface area (Å²) in [5.41, 5.74) is 0.293. The number of aliphatic hydroxyl groups is 1. The highest BCUT2D eigenvalue weighted by Crippen LogP contribution is 2.31. The molecule has 4 nitrogen and oxygen atoms in total. The van der Waals surface area contributed by atoms with Crippen molar-refractivity contribution in [2.24, 2.45) is 7.05 Å². The van der Waals surface area contributed by atoms with Gasteiger partial charge < -0.3 is 15.0 Å². The van der Waals surface area contributed by atoms with Crippen LogP contribution in [0.3, 0.4) is 0 Å². The average molecular weight is 315 g/mol. The number of alkyl halides is 3. The smallest absolute Gasteiger partial charge is 0.396 e. The Bertz CT molecular complexity index is 651. The van der Waals surface area contributed by atoms with Gasteiger partial charge in [0.1, 0.15) is 5.82 Å². The molecule has 0 saturated heterocycles. The summed E-state index contributed by atoms with van der Waals surface area (Å²) in [5.74, 6) is 0.666. The summed E-state index contributed by atoms with van der Waals surface area (Å²) in [6.45, 7) is 3.93. The molecule has 1 aromatic heterocycles. The molecule has 0 spiro atoms. The van der Waals surface area contributed by atoms with Gasteiger partial charge in [-0.25, -0.2) is 4.98 Å². The molecule has 7 heteroatoms. The lowest BCUT2D eigenvalue weighted by molar-refractivity contribution is -0.137. The summed E-state index contributed by atoms with van der Waals surface area (Å²) < 4.78 is 40.1. The van der Waals surface area contributed by atoms with Gasteiger partial charge in [-0.2, -0.15) is 13.2 Å². The highest BCUT2D eigenvalue weighted by molar-refractivity contribution is 5.77. The Morgan fingerprint density at radius 3 is 2.59 bits per heavy atom. The van der Waals surface area contributed by atoms with Gasteiger partial charge in [0.15, 0.2) is 0 Å². The molecule has 0 aliphatic heterocycles. The minimum atomic E-state index is -4.37. The minimum absolute atomic E-state index is 0.0817. The normalized spacial score (nSPS) is 15.2. The van der Waals surface area contributed by atoms with Gasteiger partial charge in [0.05, 0.1) is 22.6 Å². The standard InChI is InChI=1S/C15H20F3N3O/c1-9(6-7-22)19-10(2)14-20-12-8-11(15(16,17)18)4-5-13(12)21(14)3/h4-5,8-10,19,22H,6-7H2,1-3H3. The molecular weight excluding hydrogens is 295 g/mol. The van der Waals surface area contributed by atoms with Crippen LogP contribution in [0.2, 0.25) is 0 Å². The number of halogens is 3. The fourth-order valence-electron chi connectivity index (χ4n) is 2.56. The molecule has 22 heavy (non-hydrogen) atoms. The first kappa shape index (κ1) is 16.8. The first-order chi connectivity index (χ1) is 10.2. The van der Waals surface area contributed by atoms with E-state index in [1.807, 2.05) is 13.8 Å². The van der Waals surface area contributed by atoms with Crippen LogP contribution in [0.15, 0.2) is 18.2 Å². The lowest BCUT2D eigenvalue weighted by Gasteiger charge is -2.19. The zero-order chi connectivity index (χ0) is 16.5. The maximum Gasteiger partial charge on any atom is 0.416 e. The highest BCUT2D eigenvalue weighted by Gasteiger charge is 2.31. The number of fused-ring (bicyclic) bond motifs is 1. The van der Waals surface area contributed by atoms with Crippen LogP contribution in [0.5, 0.6) is 0 Å². The van der Waals surface area contributed by atoms with Gasteiger partial charge in [0.2, 0.25) is 0 Å². The third kappa shape index (κ3) is 3.41. The van der Waals surface area contributed by atoms with E-state index in [9.17, 15) is 13.2 Å². The maximum absolute atomic E-state index is 12.8. The van der Waals surface area contributed by atoms with Crippen molar-refractivity contribution < 1.29 is 18.3 Å². The summed E-state index contributed by atoms with van der Waals surface area (Å²) in [6.07, 6.45) is -3.77. The van der Waals surface area contributed by atoms with Gasteiger partial charge in [0.25, 0.3) is 0 Å². The number of nitrogens with zero attached hydrogens (tertiary/aromatic N) is 2. The van der Waals surface area contributed by atoms with Gasteiger partial charge in [-0.05, 0) is 38.5 Å². The highest BCUT2D eigenvalue weighted by atomic mass is 19.4. The number of imidazole rings is 1. The van der Waals surface area contributed by atoms with Crippen molar-refractivity contribution in [1.29, 1.82) is 0 Å². The molecule has 1 aromatic carbocycles. The molecule has 0 saturated carbocycles. The number of aromatic nitrogens is 2. The van der Waals surface area contributed by atoms with E-state index in [0.29, 0.717) is 23.3 Å². The van der Waals surface area contributed by atoms with Crippen LogP contribution in [-0.2, 0) is 13.2 Å². The van der Waals surface area contributed by atoms with E-state index < -0.39 is 11.7 Å². The van der Waals surface area contributed by atoms with E-state index in [2.05, 4.69) is 10.3 Å². The Labute approximate surface area is 127 Å². The zero-order valence-electron chi connectivity index (χ0n) is 12.8. The van der Waals surface area contributed by atoms with Crippen molar-refractivity contribution in [3.8, 4) is 0 Å². The van der Waals surface area contributed by atoms with E-state index in [1.165, 1.54) is 6.07 Å². The topological polar surface area (TPSA) is 50.1 Å². The van der Waals surface area contributed by atoms with Crippen LogP contribution in [0.25, 0.3) is 11.0 Å². The van der Waals surface area contributed by atoms with Crippen molar-refractivity contribution in [1.82, 2.24) is 14.9 Å². The average Bonchev–Trinajstić information content (AvgIpc) is 2.75. The molecule has 0 aliphatic carbocycles. The quantitative estimate of drug-likeness (QED) is 0.892.